The summed E-state index contributed by atoms with van der Waals surface area (Å²) in [4.78, 5) is 2.68. The highest BCUT2D eigenvalue weighted by Crippen LogP contribution is 2.34. The van der Waals surface area contributed by atoms with Crippen molar-refractivity contribution in [2.24, 2.45) is 5.92 Å². The topological polar surface area (TPSA) is 15.3 Å². The van der Waals surface area contributed by atoms with Crippen molar-refractivity contribution in [3.63, 3.8) is 0 Å². The molecule has 3 rings (SSSR count). The van der Waals surface area contributed by atoms with Crippen LogP contribution in [0, 0.1) is 5.92 Å². The molecule has 20 heavy (non-hydrogen) atoms. The third kappa shape index (κ3) is 3.88. The lowest BCUT2D eigenvalue weighted by Crippen LogP contribution is -2.36. The lowest BCUT2D eigenvalue weighted by atomic mass is 9.96. The minimum atomic E-state index is 0. The molecule has 0 radical (unpaired) electrons. The molecule has 0 aliphatic carbocycles. The van der Waals surface area contributed by atoms with Crippen LogP contribution in [0.25, 0.3) is 0 Å². The van der Waals surface area contributed by atoms with E-state index in [9.17, 15) is 0 Å². The van der Waals surface area contributed by atoms with E-state index in [4.69, 9.17) is 11.6 Å². The lowest BCUT2D eigenvalue weighted by Gasteiger charge is -2.31. The van der Waals surface area contributed by atoms with Crippen LogP contribution in [0.2, 0.25) is 5.02 Å². The minimum absolute atomic E-state index is 0. The van der Waals surface area contributed by atoms with Gasteiger partial charge < -0.3 is 5.32 Å². The van der Waals surface area contributed by atoms with Gasteiger partial charge in [0.1, 0.15) is 0 Å². The fraction of sp³-hybridized carbons (Fsp3) is 0.625. The maximum absolute atomic E-state index is 6.14. The van der Waals surface area contributed by atoms with Gasteiger partial charge in [-0.3, -0.25) is 4.90 Å². The van der Waals surface area contributed by atoms with Crippen molar-refractivity contribution in [3.8, 4) is 0 Å². The van der Waals surface area contributed by atoms with Gasteiger partial charge in [0.2, 0.25) is 0 Å². The van der Waals surface area contributed by atoms with Gasteiger partial charge in [0.25, 0.3) is 0 Å². The highest BCUT2D eigenvalue weighted by Gasteiger charge is 2.28. The van der Waals surface area contributed by atoms with Crippen molar-refractivity contribution in [2.75, 3.05) is 26.2 Å². The Kier molecular flexibility index (Phi) is 6.16. The van der Waals surface area contributed by atoms with Crippen molar-refractivity contribution in [3.05, 3.63) is 34.9 Å². The molecule has 2 heterocycles. The average molecular weight is 315 g/mol. The first-order valence-electron chi connectivity index (χ1n) is 7.53. The second kappa shape index (κ2) is 7.65. The number of nitrogens with one attached hydrogen (secondary N) is 1. The Balaban J connectivity index is 0.00000147. The molecule has 1 atom stereocenters. The van der Waals surface area contributed by atoms with E-state index in [2.05, 4.69) is 28.4 Å². The van der Waals surface area contributed by atoms with Crippen LogP contribution in [0.3, 0.4) is 0 Å². The molecule has 0 aromatic heterocycles. The van der Waals surface area contributed by atoms with Crippen molar-refractivity contribution in [1.29, 1.82) is 0 Å². The van der Waals surface area contributed by atoms with Crippen molar-refractivity contribution < 1.29 is 0 Å². The van der Waals surface area contributed by atoms with Gasteiger partial charge in [0.15, 0.2) is 0 Å². The summed E-state index contributed by atoms with van der Waals surface area (Å²) in [7, 11) is 0. The summed E-state index contributed by atoms with van der Waals surface area (Å²) >= 11 is 6.14. The number of halogens is 2. The molecule has 1 aromatic carbocycles. The Labute approximate surface area is 133 Å². The maximum Gasteiger partial charge on any atom is 0.0409 e. The van der Waals surface area contributed by atoms with Crippen LogP contribution in [-0.4, -0.2) is 31.1 Å². The molecule has 4 heteroatoms. The largest absolute Gasteiger partial charge is 0.317 e. The van der Waals surface area contributed by atoms with Crippen LogP contribution in [0.1, 0.15) is 37.3 Å². The van der Waals surface area contributed by atoms with Gasteiger partial charge in [0.05, 0.1) is 0 Å². The van der Waals surface area contributed by atoms with Gasteiger partial charge in [-0.05, 0) is 68.9 Å². The summed E-state index contributed by atoms with van der Waals surface area (Å²) in [6, 6.07) is 9.02. The number of likely N-dealkylation sites (tertiary alicyclic amines) is 1. The first kappa shape index (κ1) is 16.1. The molecule has 2 nitrogen and oxygen atoms in total. The minimum Gasteiger partial charge on any atom is -0.317 e. The molecule has 2 fully saturated rings. The predicted molar refractivity (Wildman–Crippen MR) is 87.8 cm³/mol. The van der Waals surface area contributed by atoms with Gasteiger partial charge in [-0.1, -0.05) is 23.7 Å². The van der Waals surface area contributed by atoms with E-state index >= 15 is 0 Å². The Morgan fingerprint density at radius 3 is 2.75 bits per heavy atom. The molecule has 1 unspecified atom stereocenters. The number of nitrogens with zero attached hydrogens (tertiary/aromatic N) is 1. The molecule has 2 aliphatic heterocycles. The van der Waals surface area contributed by atoms with E-state index in [1.165, 1.54) is 57.4 Å². The zero-order chi connectivity index (χ0) is 13.1. The fourth-order valence-electron chi connectivity index (χ4n) is 3.53. The highest BCUT2D eigenvalue weighted by atomic mass is 35.5. The summed E-state index contributed by atoms with van der Waals surface area (Å²) in [5, 5.41) is 4.32. The van der Waals surface area contributed by atoms with Crippen LogP contribution in [-0.2, 0) is 0 Å². The zero-order valence-corrected chi connectivity index (χ0v) is 13.4. The van der Waals surface area contributed by atoms with Crippen LogP contribution < -0.4 is 5.32 Å². The third-order valence-electron chi connectivity index (χ3n) is 4.55. The SMILES string of the molecule is Cl.Clc1cccc(C2CCCN2CC2CCNCC2)c1. The zero-order valence-electron chi connectivity index (χ0n) is 11.9. The van der Waals surface area contributed by atoms with Gasteiger partial charge in [0, 0.05) is 17.6 Å². The van der Waals surface area contributed by atoms with Crippen molar-refractivity contribution in [2.45, 2.75) is 31.7 Å². The molecule has 0 amide bonds. The molecule has 2 aliphatic rings. The van der Waals surface area contributed by atoms with E-state index in [0.717, 1.165) is 10.9 Å². The van der Waals surface area contributed by atoms with E-state index in [0.29, 0.717) is 6.04 Å². The Morgan fingerprint density at radius 2 is 2.00 bits per heavy atom. The maximum atomic E-state index is 6.14. The summed E-state index contributed by atoms with van der Waals surface area (Å²) in [6.45, 7) is 4.90. The average Bonchev–Trinajstić information content (AvgIpc) is 2.88. The van der Waals surface area contributed by atoms with E-state index in [-0.39, 0.29) is 12.4 Å². The predicted octanol–water partition coefficient (Wildman–Crippen LogP) is 3.90. The Morgan fingerprint density at radius 1 is 1.20 bits per heavy atom. The normalized spacial score (nSPS) is 24.6. The summed E-state index contributed by atoms with van der Waals surface area (Å²) in [5.74, 6) is 0.876. The first-order chi connectivity index (χ1) is 9.33. The van der Waals surface area contributed by atoms with E-state index in [1.807, 2.05) is 6.07 Å². The molecular formula is C16H24Cl2N2. The lowest BCUT2D eigenvalue weighted by molar-refractivity contribution is 0.193. The molecule has 1 N–H and O–H groups in total. The van der Waals surface area contributed by atoms with Gasteiger partial charge in [-0.15, -0.1) is 12.4 Å². The number of piperidine rings is 1. The van der Waals surface area contributed by atoms with Gasteiger partial charge >= 0.3 is 0 Å². The Bertz CT molecular complexity index is 419. The smallest absolute Gasteiger partial charge is 0.0409 e. The van der Waals surface area contributed by atoms with E-state index < -0.39 is 0 Å². The monoisotopic (exact) mass is 314 g/mol. The molecule has 0 spiro atoms. The fourth-order valence-corrected chi connectivity index (χ4v) is 3.73. The standard InChI is InChI=1S/C16H23ClN2.ClH/c17-15-4-1-3-14(11-15)16-5-2-10-19(16)12-13-6-8-18-9-7-13;/h1,3-4,11,13,16,18H,2,5-10,12H2;1H. The van der Waals surface area contributed by atoms with Gasteiger partial charge in [-0.25, -0.2) is 0 Å². The highest BCUT2D eigenvalue weighted by molar-refractivity contribution is 6.30. The second-order valence-corrected chi connectivity index (χ2v) is 6.34. The quantitative estimate of drug-likeness (QED) is 0.910. The van der Waals surface area contributed by atoms with E-state index in [1.54, 1.807) is 0 Å². The van der Waals surface area contributed by atoms with Crippen LogP contribution >= 0.6 is 24.0 Å². The molecule has 0 bridgehead atoms. The van der Waals surface area contributed by atoms with Crippen molar-refractivity contribution in [1.82, 2.24) is 10.2 Å². The molecule has 112 valence electrons. The third-order valence-corrected chi connectivity index (χ3v) is 4.78. The number of hydrogen-bond acceptors (Lipinski definition) is 2. The first-order valence-corrected chi connectivity index (χ1v) is 7.91. The summed E-state index contributed by atoms with van der Waals surface area (Å²) in [5.41, 5.74) is 1.40. The molecule has 2 saturated heterocycles. The number of hydrogen-bond donors (Lipinski definition) is 1. The summed E-state index contributed by atoms with van der Waals surface area (Å²) < 4.78 is 0. The second-order valence-electron chi connectivity index (χ2n) is 5.90. The summed E-state index contributed by atoms with van der Waals surface area (Å²) in [6.07, 6.45) is 5.27. The molecular weight excluding hydrogens is 291 g/mol. The van der Waals surface area contributed by atoms with Crippen LogP contribution in [0.15, 0.2) is 24.3 Å². The Hall–Kier alpha value is -0.280. The molecule has 1 aromatic rings. The van der Waals surface area contributed by atoms with Gasteiger partial charge in [-0.2, -0.15) is 0 Å². The van der Waals surface area contributed by atoms with Crippen LogP contribution in [0.4, 0.5) is 0 Å². The number of rotatable bonds is 3. The molecule has 0 saturated carbocycles. The van der Waals surface area contributed by atoms with Crippen LogP contribution in [0.5, 0.6) is 0 Å². The number of benzene rings is 1. The van der Waals surface area contributed by atoms with Crippen molar-refractivity contribution >= 4 is 24.0 Å².